The fraction of sp³-hybridized carbons (Fsp3) is 0.375. The Morgan fingerprint density at radius 1 is 0.877 bits per heavy atom. The molecule has 0 spiro atoms. The second-order valence-electron chi connectivity index (χ2n) is 18.7. The number of carbonyl (C=O) groups excluding carboxylic acids is 1. The number of halogens is 4. The second-order valence-corrected chi connectivity index (χ2v) is 19.6. The molecular formula is C56H61F4N9O3S. The normalized spacial score (nSPS) is 15.0. The first-order chi connectivity index (χ1) is 35.5. The Morgan fingerprint density at radius 2 is 1.68 bits per heavy atom. The molecule has 17 heteroatoms. The number of hydrogen-bond donors (Lipinski definition) is 4. The number of aliphatic hydroxyl groups excluding tert-OH is 1. The summed E-state index contributed by atoms with van der Waals surface area (Å²) in [6.45, 7) is 12.1. The number of aromatic nitrogens is 3. The van der Waals surface area contributed by atoms with Crippen LogP contribution >= 0.6 is 11.3 Å². The minimum absolute atomic E-state index is 0.115. The number of anilines is 2. The third-order valence-corrected chi connectivity index (χ3v) is 14.7. The maximum atomic E-state index is 13.8. The van der Waals surface area contributed by atoms with Crippen molar-refractivity contribution in [3.05, 3.63) is 136 Å². The summed E-state index contributed by atoms with van der Waals surface area (Å²) < 4.78 is 61.9. The molecule has 382 valence electrons. The van der Waals surface area contributed by atoms with E-state index in [0.29, 0.717) is 22.9 Å². The van der Waals surface area contributed by atoms with Crippen LogP contribution in [0, 0.1) is 23.6 Å². The number of piperidine rings is 1. The molecule has 5 heterocycles. The lowest BCUT2D eigenvalue weighted by Crippen LogP contribution is -2.49. The number of carbonyl (C=O) groups is 1. The third kappa shape index (κ3) is 12.7. The zero-order valence-electron chi connectivity index (χ0n) is 41.2. The van der Waals surface area contributed by atoms with Crippen LogP contribution in [-0.4, -0.2) is 108 Å². The Hall–Kier alpha value is -6.39. The highest BCUT2D eigenvalue weighted by molar-refractivity contribution is 7.13. The van der Waals surface area contributed by atoms with E-state index in [2.05, 4.69) is 112 Å². The van der Waals surface area contributed by atoms with Crippen LogP contribution in [0.5, 0.6) is 5.75 Å². The van der Waals surface area contributed by atoms with Crippen LogP contribution in [-0.2, 0) is 32.4 Å². The lowest BCUT2D eigenvalue weighted by molar-refractivity contribution is -0.140. The monoisotopic (exact) mass is 1020 g/mol. The molecule has 12 nitrogen and oxygen atoms in total. The number of nitrogens with one attached hydrogen (secondary N) is 3. The molecule has 2 aliphatic heterocycles. The Balaban J connectivity index is 0.698. The quantitative estimate of drug-likeness (QED) is 0.0376. The lowest BCUT2D eigenvalue weighted by Gasteiger charge is -2.39. The van der Waals surface area contributed by atoms with Crippen molar-refractivity contribution in [1.82, 2.24) is 35.0 Å². The lowest BCUT2D eigenvalue weighted by atomic mass is 9.96. The Labute approximate surface area is 427 Å². The second kappa shape index (κ2) is 23.7. The van der Waals surface area contributed by atoms with Gasteiger partial charge in [0.15, 0.2) is 0 Å². The molecule has 3 aromatic heterocycles. The molecule has 7 aromatic rings. The van der Waals surface area contributed by atoms with Crippen molar-refractivity contribution in [1.29, 1.82) is 0 Å². The number of nitrogens with zero attached hydrogens (tertiary/aromatic N) is 6. The maximum absolute atomic E-state index is 13.8. The van der Waals surface area contributed by atoms with E-state index in [1.54, 1.807) is 35.7 Å². The van der Waals surface area contributed by atoms with Crippen LogP contribution in [0.15, 0.2) is 96.6 Å². The fourth-order valence-electron chi connectivity index (χ4n) is 9.87. The highest BCUT2D eigenvalue weighted by Crippen LogP contribution is 2.36. The van der Waals surface area contributed by atoms with E-state index in [4.69, 9.17) is 4.74 Å². The number of ether oxygens (including phenoxy) is 1. The number of alkyl halides is 3. The summed E-state index contributed by atoms with van der Waals surface area (Å²) >= 11 is 1.76. The van der Waals surface area contributed by atoms with Crippen LogP contribution in [0.2, 0.25) is 0 Å². The van der Waals surface area contributed by atoms with Crippen molar-refractivity contribution in [2.45, 2.75) is 58.6 Å². The number of thiophene rings is 1. The number of rotatable bonds is 18. The van der Waals surface area contributed by atoms with E-state index in [1.165, 1.54) is 50.1 Å². The molecule has 0 radical (unpaired) electrons. The smallest absolute Gasteiger partial charge is 0.419 e. The molecule has 0 atom stereocenters. The van der Waals surface area contributed by atoms with E-state index >= 15 is 0 Å². The van der Waals surface area contributed by atoms with Gasteiger partial charge in [0.1, 0.15) is 29.7 Å². The molecule has 2 fully saturated rings. The van der Waals surface area contributed by atoms with Gasteiger partial charge in [-0.2, -0.15) is 13.2 Å². The van der Waals surface area contributed by atoms with Gasteiger partial charge in [-0.05, 0) is 104 Å². The first-order valence-corrected chi connectivity index (χ1v) is 25.9. The van der Waals surface area contributed by atoms with Gasteiger partial charge in [-0.1, -0.05) is 36.1 Å². The van der Waals surface area contributed by atoms with E-state index in [1.807, 2.05) is 7.05 Å². The van der Waals surface area contributed by atoms with Crippen molar-refractivity contribution in [2.24, 2.45) is 5.92 Å². The molecular weight excluding hydrogens is 955 g/mol. The van der Waals surface area contributed by atoms with Crippen molar-refractivity contribution in [3.63, 3.8) is 0 Å². The molecule has 2 aliphatic rings. The molecule has 4 aromatic carbocycles. The number of aliphatic hydroxyl groups is 1. The summed E-state index contributed by atoms with van der Waals surface area (Å²) in [4.78, 5) is 30.9. The topological polar surface area (TPSA) is 123 Å². The number of benzene rings is 4. The van der Waals surface area contributed by atoms with Crippen molar-refractivity contribution in [2.75, 3.05) is 82.8 Å². The zero-order chi connectivity index (χ0) is 50.9. The first kappa shape index (κ1) is 51.5. The number of aryl methyl sites for hydroxylation is 1. The molecule has 0 bridgehead atoms. The van der Waals surface area contributed by atoms with Gasteiger partial charge in [-0.3, -0.25) is 9.69 Å². The standard InChI is InChI=1S/C56H61F4N9O3S/c1-3-69-50-13-8-39(31-61-2)26-46(50)45-11-9-42(30-51(45)69)53-28-41(37-73-53)6-4-5-18-66-21-23-67(24-22-66)35-38-15-19-68(20-16-38)54-34-63-49(33-64-54)55(71)65-44-10-14-52(43(29-44)32-62-17-25-70)72-36-40-7-12-48(57)47(27-40)56(58,59)60/h7-14,26-30,33-34,37-38,61-62,70H,3,5,15-25,31-32,35-36H2,1-2H3,(H,65,71). The average Bonchev–Trinajstić information content (AvgIpc) is 4.00. The van der Waals surface area contributed by atoms with Crippen molar-refractivity contribution in [3.8, 4) is 28.0 Å². The molecule has 0 unspecified atom stereocenters. The highest BCUT2D eigenvalue weighted by Gasteiger charge is 2.34. The van der Waals surface area contributed by atoms with Crippen LogP contribution in [0.4, 0.5) is 29.1 Å². The number of fused-ring (bicyclic) bond motifs is 3. The Morgan fingerprint density at radius 3 is 2.44 bits per heavy atom. The first-order valence-electron chi connectivity index (χ1n) is 25.0. The van der Waals surface area contributed by atoms with Crippen LogP contribution in [0.1, 0.15) is 64.5 Å². The summed E-state index contributed by atoms with van der Waals surface area (Å²) in [6, 6.07) is 23.5. The number of amides is 1. The minimum Gasteiger partial charge on any atom is -0.489 e. The molecule has 0 aliphatic carbocycles. The third-order valence-electron chi connectivity index (χ3n) is 13.7. The highest BCUT2D eigenvalue weighted by atomic mass is 32.1. The summed E-state index contributed by atoms with van der Waals surface area (Å²) in [5.74, 6) is 6.73. The molecule has 2 saturated heterocycles. The molecule has 4 N–H and O–H groups in total. The molecule has 73 heavy (non-hydrogen) atoms. The van der Waals surface area contributed by atoms with Gasteiger partial charge in [0.25, 0.3) is 5.91 Å². The minimum atomic E-state index is -4.84. The molecule has 1 amide bonds. The summed E-state index contributed by atoms with van der Waals surface area (Å²) in [5.41, 5.74) is 6.07. The summed E-state index contributed by atoms with van der Waals surface area (Å²) in [6.07, 6.45) is 1.20. The van der Waals surface area contributed by atoms with Crippen LogP contribution in [0.25, 0.3) is 32.2 Å². The average molecular weight is 1020 g/mol. The van der Waals surface area contributed by atoms with E-state index < -0.39 is 23.5 Å². The predicted octanol–water partition coefficient (Wildman–Crippen LogP) is 9.40. The largest absolute Gasteiger partial charge is 0.489 e. The van der Waals surface area contributed by atoms with E-state index in [9.17, 15) is 27.5 Å². The fourth-order valence-corrected chi connectivity index (χ4v) is 10.7. The van der Waals surface area contributed by atoms with Gasteiger partial charge < -0.3 is 40.2 Å². The Bertz CT molecular complexity index is 3080. The Kier molecular flexibility index (Phi) is 16.7. The van der Waals surface area contributed by atoms with E-state index in [-0.39, 0.29) is 37.6 Å². The van der Waals surface area contributed by atoms with Crippen LogP contribution < -0.4 is 25.6 Å². The van der Waals surface area contributed by atoms with Gasteiger partial charge in [0.05, 0.1) is 24.6 Å². The zero-order valence-corrected chi connectivity index (χ0v) is 42.0. The summed E-state index contributed by atoms with van der Waals surface area (Å²) in [5, 5.41) is 23.2. The van der Waals surface area contributed by atoms with Gasteiger partial charge in [0, 0.05) is 134 Å². The summed E-state index contributed by atoms with van der Waals surface area (Å²) in [7, 11) is 1.98. The molecule has 0 saturated carbocycles. The van der Waals surface area contributed by atoms with Crippen molar-refractivity contribution >= 4 is 50.6 Å². The van der Waals surface area contributed by atoms with E-state index in [0.717, 1.165) is 108 Å². The number of piperazine rings is 1. The van der Waals surface area contributed by atoms with Gasteiger partial charge in [-0.15, -0.1) is 11.3 Å². The molecule has 9 rings (SSSR count). The van der Waals surface area contributed by atoms with Gasteiger partial charge in [0.2, 0.25) is 0 Å². The van der Waals surface area contributed by atoms with Crippen molar-refractivity contribution < 1.29 is 32.2 Å². The SMILES string of the molecule is CCn1c2ccc(CNC)cc2c2ccc(-c3cc(C#CCCN4CCN(CC5CCN(c6cnc(C(=O)Nc7ccc(OCc8ccc(F)c(C(F)(F)F)c8)c(CNCCO)c7)cn6)CC5)CC4)cs3)cc21. The van der Waals surface area contributed by atoms with Crippen LogP contribution in [0.3, 0.4) is 0 Å². The van der Waals surface area contributed by atoms with Gasteiger partial charge in [-0.25, -0.2) is 14.4 Å². The maximum Gasteiger partial charge on any atom is 0.419 e. The van der Waals surface area contributed by atoms with Gasteiger partial charge >= 0.3 is 6.18 Å². The number of hydrogen-bond acceptors (Lipinski definition) is 11. The predicted molar refractivity (Wildman–Crippen MR) is 281 cm³/mol.